The van der Waals surface area contributed by atoms with Gasteiger partial charge in [0.2, 0.25) is 0 Å². The van der Waals surface area contributed by atoms with Crippen LogP contribution in [-0.2, 0) is 14.8 Å². The molecule has 0 unspecified atom stereocenters. The van der Waals surface area contributed by atoms with E-state index in [-0.39, 0.29) is 0 Å². The van der Waals surface area contributed by atoms with Gasteiger partial charge in [-0.25, -0.2) is 9.78 Å². The van der Waals surface area contributed by atoms with E-state index in [1.165, 1.54) is 0 Å². The highest BCUT2D eigenvalue weighted by Crippen LogP contribution is 2.22. The zero-order chi connectivity index (χ0) is 13.2. The molecule has 0 aromatic heterocycles. The first kappa shape index (κ1) is 14.4. The van der Waals surface area contributed by atoms with E-state index in [0.29, 0.717) is 19.0 Å². The molecule has 0 heterocycles. The highest BCUT2D eigenvalue weighted by Gasteiger charge is 1.94. The monoisotopic (exact) mass is 250 g/mol. The molecule has 0 saturated carbocycles. The van der Waals surface area contributed by atoms with E-state index in [1.807, 2.05) is 50.2 Å². The molecule has 98 valence electrons. The molecule has 0 aliphatic carbocycles. The maximum Gasteiger partial charge on any atom is 0.123 e. The van der Waals surface area contributed by atoms with Crippen molar-refractivity contribution < 1.29 is 19.9 Å². The number of benzene rings is 2. The van der Waals surface area contributed by atoms with Gasteiger partial charge in [0.25, 0.3) is 0 Å². The molecule has 4 nitrogen and oxygen atoms in total. The maximum absolute atomic E-state index is 9.37. The smallest absolute Gasteiger partial charge is 0.123 e. The lowest BCUT2D eigenvalue weighted by Gasteiger charge is -1.97. The van der Waals surface area contributed by atoms with Crippen molar-refractivity contribution in [2.75, 3.05) is 13.2 Å². The SMILES string of the molecule is CCOOOCC.Oc1cccc2ccccc12. The van der Waals surface area contributed by atoms with Crippen molar-refractivity contribution >= 4 is 10.8 Å². The molecular formula is C14H18O4. The molecule has 0 bridgehead atoms. The molecule has 0 amide bonds. The third-order valence-corrected chi connectivity index (χ3v) is 2.10. The van der Waals surface area contributed by atoms with E-state index in [1.54, 1.807) is 6.07 Å². The fourth-order valence-corrected chi connectivity index (χ4v) is 1.34. The van der Waals surface area contributed by atoms with Crippen LogP contribution in [-0.4, -0.2) is 18.3 Å². The molecule has 0 saturated heterocycles. The van der Waals surface area contributed by atoms with E-state index in [4.69, 9.17) is 0 Å². The van der Waals surface area contributed by atoms with Crippen LogP contribution in [0.2, 0.25) is 0 Å². The number of hydrogen-bond acceptors (Lipinski definition) is 4. The van der Waals surface area contributed by atoms with E-state index in [0.717, 1.165) is 10.8 Å². The standard InChI is InChI=1S/C10H8O.C4H10O3/c11-10-7-3-5-8-4-1-2-6-9(8)10;1-3-5-7-6-4-2/h1-7,11H;3-4H2,1-2H3. The van der Waals surface area contributed by atoms with Crippen LogP contribution in [0.4, 0.5) is 0 Å². The van der Waals surface area contributed by atoms with Crippen LogP contribution in [0, 0.1) is 0 Å². The fraction of sp³-hybridized carbons (Fsp3) is 0.286. The Balaban J connectivity index is 0.000000203. The molecule has 0 fully saturated rings. The topological polar surface area (TPSA) is 47.9 Å². The predicted octanol–water partition coefficient (Wildman–Crippen LogP) is 3.45. The third-order valence-electron chi connectivity index (χ3n) is 2.10. The Bertz CT molecular complexity index is 447. The summed E-state index contributed by atoms with van der Waals surface area (Å²) in [4.78, 5) is 8.70. The highest BCUT2D eigenvalue weighted by molar-refractivity contribution is 5.87. The van der Waals surface area contributed by atoms with Crippen LogP contribution in [0.1, 0.15) is 13.8 Å². The van der Waals surface area contributed by atoms with Crippen LogP contribution in [0.3, 0.4) is 0 Å². The summed E-state index contributed by atoms with van der Waals surface area (Å²) < 4.78 is 0. The minimum absolute atomic E-state index is 0.350. The van der Waals surface area contributed by atoms with E-state index in [2.05, 4.69) is 14.8 Å². The molecule has 2 aromatic rings. The van der Waals surface area contributed by atoms with Crippen molar-refractivity contribution in [2.45, 2.75) is 13.8 Å². The van der Waals surface area contributed by atoms with Gasteiger partial charge in [-0.2, -0.15) is 0 Å². The number of phenols is 1. The van der Waals surface area contributed by atoms with E-state index < -0.39 is 0 Å². The second kappa shape index (κ2) is 8.47. The van der Waals surface area contributed by atoms with Gasteiger partial charge in [-0.3, -0.25) is 0 Å². The number of fused-ring (bicyclic) bond motifs is 1. The zero-order valence-electron chi connectivity index (χ0n) is 10.6. The summed E-state index contributed by atoms with van der Waals surface area (Å²) in [5.74, 6) is 0.350. The van der Waals surface area contributed by atoms with Gasteiger partial charge in [0, 0.05) is 5.39 Å². The maximum atomic E-state index is 9.37. The summed E-state index contributed by atoms with van der Waals surface area (Å²) >= 11 is 0. The molecule has 0 aliphatic rings. The van der Waals surface area contributed by atoms with Crippen LogP contribution in [0.25, 0.3) is 10.8 Å². The van der Waals surface area contributed by atoms with Crippen molar-refractivity contribution in [3.8, 4) is 5.75 Å². The lowest BCUT2D eigenvalue weighted by atomic mass is 10.1. The molecule has 18 heavy (non-hydrogen) atoms. The molecule has 0 spiro atoms. The lowest BCUT2D eigenvalue weighted by molar-refractivity contribution is -0.509. The van der Waals surface area contributed by atoms with Crippen molar-refractivity contribution in [1.82, 2.24) is 0 Å². The second-order valence-electron chi connectivity index (χ2n) is 3.38. The Morgan fingerprint density at radius 2 is 1.50 bits per heavy atom. The minimum Gasteiger partial charge on any atom is -0.507 e. The summed E-state index contributed by atoms with van der Waals surface area (Å²) in [7, 11) is 0. The first-order chi connectivity index (χ1) is 8.79. The normalized spacial score (nSPS) is 9.89. The summed E-state index contributed by atoms with van der Waals surface area (Å²) in [6.45, 7) is 4.66. The Hall–Kier alpha value is -1.62. The Morgan fingerprint density at radius 3 is 2.11 bits per heavy atom. The predicted molar refractivity (Wildman–Crippen MR) is 69.9 cm³/mol. The Labute approximate surface area is 107 Å². The number of aromatic hydroxyl groups is 1. The quantitative estimate of drug-likeness (QED) is 0.513. The fourth-order valence-electron chi connectivity index (χ4n) is 1.34. The molecule has 0 aliphatic heterocycles. The van der Waals surface area contributed by atoms with E-state index >= 15 is 0 Å². The summed E-state index contributed by atoms with van der Waals surface area (Å²) in [5.41, 5.74) is 0. The van der Waals surface area contributed by atoms with Crippen LogP contribution in [0.15, 0.2) is 42.5 Å². The number of rotatable bonds is 4. The molecule has 1 N–H and O–H groups in total. The van der Waals surface area contributed by atoms with Gasteiger partial charge in [-0.15, -0.1) is 0 Å². The zero-order valence-corrected chi connectivity index (χ0v) is 10.6. The van der Waals surface area contributed by atoms with Crippen LogP contribution >= 0.6 is 0 Å². The first-order valence-corrected chi connectivity index (χ1v) is 5.87. The van der Waals surface area contributed by atoms with Crippen LogP contribution < -0.4 is 0 Å². The average Bonchev–Trinajstić information content (AvgIpc) is 2.41. The van der Waals surface area contributed by atoms with Crippen molar-refractivity contribution in [3.63, 3.8) is 0 Å². The van der Waals surface area contributed by atoms with Gasteiger partial charge in [0.1, 0.15) is 5.75 Å². The van der Waals surface area contributed by atoms with E-state index in [9.17, 15) is 5.11 Å². The molecule has 2 aromatic carbocycles. The molecule has 0 atom stereocenters. The molecule has 2 rings (SSSR count). The third kappa shape index (κ3) is 4.71. The van der Waals surface area contributed by atoms with Gasteiger partial charge >= 0.3 is 0 Å². The summed E-state index contributed by atoms with van der Waals surface area (Å²) in [6.07, 6.45) is 0. The van der Waals surface area contributed by atoms with Crippen molar-refractivity contribution in [1.29, 1.82) is 0 Å². The first-order valence-electron chi connectivity index (χ1n) is 5.87. The summed E-state index contributed by atoms with van der Waals surface area (Å²) in [6, 6.07) is 13.3. The van der Waals surface area contributed by atoms with Crippen LogP contribution in [0.5, 0.6) is 5.75 Å². The van der Waals surface area contributed by atoms with Gasteiger partial charge in [0.15, 0.2) is 0 Å². The highest BCUT2D eigenvalue weighted by atomic mass is 17.5. The van der Waals surface area contributed by atoms with Gasteiger partial charge in [0.05, 0.1) is 13.2 Å². The minimum atomic E-state index is 0.350. The van der Waals surface area contributed by atoms with Crippen molar-refractivity contribution in [3.05, 3.63) is 42.5 Å². The Morgan fingerprint density at radius 1 is 0.889 bits per heavy atom. The lowest BCUT2D eigenvalue weighted by Crippen LogP contribution is -1.94. The van der Waals surface area contributed by atoms with Gasteiger partial charge < -0.3 is 5.11 Å². The van der Waals surface area contributed by atoms with Crippen molar-refractivity contribution in [2.24, 2.45) is 0 Å². The Kier molecular flexibility index (Phi) is 6.79. The average molecular weight is 250 g/mol. The number of phenolic OH excluding ortho intramolecular Hbond substituents is 1. The molecule has 0 radical (unpaired) electrons. The van der Waals surface area contributed by atoms with Gasteiger partial charge in [-0.1, -0.05) is 41.4 Å². The summed E-state index contributed by atoms with van der Waals surface area (Å²) in [5, 5.41) is 15.5. The largest absolute Gasteiger partial charge is 0.507 e. The van der Waals surface area contributed by atoms with Gasteiger partial charge in [-0.05, 0) is 25.3 Å². The second-order valence-corrected chi connectivity index (χ2v) is 3.38. The molecular weight excluding hydrogens is 232 g/mol. The molecule has 4 heteroatoms. The number of hydrogen-bond donors (Lipinski definition) is 1.